The summed E-state index contributed by atoms with van der Waals surface area (Å²) in [5, 5.41) is 6.98. The Bertz CT molecular complexity index is 338. The minimum Gasteiger partial charge on any atom is -0.377 e. The number of hydrogen-bond acceptors (Lipinski definition) is 3. The maximum absolute atomic E-state index is 5.83. The predicted octanol–water partition coefficient (Wildman–Crippen LogP) is 2.48. The Morgan fingerprint density at radius 3 is 2.43 bits per heavy atom. The molecule has 1 unspecified atom stereocenters. The zero-order valence-electron chi connectivity index (χ0n) is 16.0. The molecular formula is C18H38N4O. The summed E-state index contributed by atoms with van der Waals surface area (Å²) in [5.41, 5.74) is 0.474. The highest BCUT2D eigenvalue weighted by molar-refractivity contribution is 5.79. The molecule has 5 nitrogen and oxygen atoms in total. The van der Waals surface area contributed by atoms with Crippen LogP contribution < -0.4 is 10.6 Å². The first-order valence-electron chi connectivity index (χ1n) is 9.26. The first kappa shape index (κ1) is 20.2. The monoisotopic (exact) mass is 326 g/mol. The van der Waals surface area contributed by atoms with Crippen molar-refractivity contribution in [3.05, 3.63) is 0 Å². The van der Waals surface area contributed by atoms with Crippen molar-refractivity contribution in [2.45, 2.75) is 58.5 Å². The van der Waals surface area contributed by atoms with Crippen LogP contribution in [0.5, 0.6) is 0 Å². The SMILES string of the molecule is CCOC(CCN(C)C)CNC(=NC)NCC1(CC)CCCC1. The first-order chi connectivity index (χ1) is 11.0. The summed E-state index contributed by atoms with van der Waals surface area (Å²) in [7, 11) is 6.05. The summed E-state index contributed by atoms with van der Waals surface area (Å²) in [5.74, 6) is 0.902. The highest BCUT2D eigenvalue weighted by atomic mass is 16.5. The van der Waals surface area contributed by atoms with Crippen molar-refractivity contribution < 1.29 is 4.74 Å². The van der Waals surface area contributed by atoms with E-state index in [4.69, 9.17) is 4.74 Å². The second kappa shape index (κ2) is 10.9. The van der Waals surface area contributed by atoms with Gasteiger partial charge in [0.15, 0.2) is 5.96 Å². The predicted molar refractivity (Wildman–Crippen MR) is 99.1 cm³/mol. The van der Waals surface area contributed by atoms with Crippen LogP contribution in [0.4, 0.5) is 0 Å². The first-order valence-corrected chi connectivity index (χ1v) is 9.26. The fraction of sp³-hybridized carbons (Fsp3) is 0.944. The van der Waals surface area contributed by atoms with Crippen molar-refractivity contribution in [3.8, 4) is 0 Å². The lowest BCUT2D eigenvalue weighted by atomic mass is 9.83. The Labute approximate surface area is 143 Å². The number of rotatable bonds is 10. The molecule has 1 saturated carbocycles. The molecule has 0 saturated heterocycles. The molecule has 0 heterocycles. The molecule has 0 aliphatic heterocycles. The van der Waals surface area contributed by atoms with Crippen molar-refractivity contribution >= 4 is 5.96 Å². The van der Waals surface area contributed by atoms with Crippen molar-refractivity contribution in [3.63, 3.8) is 0 Å². The number of ether oxygens (including phenoxy) is 1. The van der Waals surface area contributed by atoms with Gasteiger partial charge in [0.2, 0.25) is 0 Å². The molecule has 1 rings (SSSR count). The van der Waals surface area contributed by atoms with Crippen LogP contribution >= 0.6 is 0 Å². The second-order valence-electron chi connectivity index (χ2n) is 7.04. The van der Waals surface area contributed by atoms with E-state index in [1.807, 2.05) is 7.05 Å². The molecule has 0 radical (unpaired) electrons. The lowest BCUT2D eigenvalue weighted by molar-refractivity contribution is 0.0548. The van der Waals surface area contributed by atoms with Crippen molar-refractivity contribution in [1.29, 1.82) is 0 Å². The minimum atomic E-state index is 0.229. The van der Waals surface area contributed by atoms with Crippen LogP contribution in [0.1, 0.15) is 52.4 Å². The van der Waals surface area contributed by atoms with Gasteiger partial charge in [0.25, 0.3) is 0 Å². The summed E-state index contributed by atoms with van der Waals surface area (Å²) < 4.78 is 5.83. The maximum atomic E-state index is 5.83. The number of nitrogens with one attached hydrogen (secondary N) is 2. The van der Waals surface area contributed by atoms with Gasteiger partial charge in [-0.2, -0.15) is 0 Å². The minimum absolute atomic E-state index is 0.229. The van der Waals surface area contributed by atoms with Crippen molar-refractivity contribution in [2.24, 2.45) is 10.4 Å². The average molecular weight is 327 g/mol. The van der Waals surface area contributed by atoms with Crippen LogP contribution in [0.2, 0.25) is 0 Å². The van der Waals surface area contributed by atoms with E-state index in [1.54, 1.807) is 0 Å². The fourth-order valence-electron chi connectivity index (χ4n) is 3.36. The Morgan fingerprint density at radius 2 is 1.91 bits per heavy atom. The van der Waals surface area contributed by atoms with Gasteiger partial charge in [0.1, 0.15) is 0 Å². The molecule has 0 bridgehead atoms. The van der Waals surface area contributed by atoms with Gasteiger partial charge in [-0.15, -0.1) is 0 Å². The molecule has 1 aliphatic rings. The molecule has 0 spiro atoms. The summed E-state index contributed by atoms with van der Waals surface area (Å²) >= 11 is 0. The Kier molecular flexibility index (Phi) is 9.56. The molecule has 23 heavy (non-hydrogen) atoms. The Morgan fingerprint density at radius 1 is 1.22 bits per heavy atom. The molecule has 1 fully saturated rings. The fourth-order valence-corrected chi connectivity index (χ4v) is 3.36. The molecular weight excluding hydrogens is 288 g/mol. The van der Waals surface area contributed by atoms with Gasteiger partial charge in [-0.1, -0.05) is 19.8 Å². The second-order valence-corrected chi connectivity index (χ2v) is 7.04. The molecule has 0 aromatic rings. The van der Waals surface area contributed by atoms with Crippen LogP contribution in [-0.2, 0) is 4.74 Å². The van der Waals surface area contributed by atoms with Crippen molar-refractivity contribution in [1.82, 2.24) is 15.5 Å². The van der Waals surface area contributed by atoms with Gasteiger partial charge in [0, 0.05) is 33.3 Å². The van der Waals surface area contributed by atoms with Crippen LogP contribution in [0.15, 0.2) is 4.99 Å². The number of nitrogens with zero attached hydrogens (tertiary/aromatic N) is 2. The highest BCUT2D eigenvalue weighted by Gasteiger charge is 2.31. The number of guanidine groups is 1. The van der Waals surface area contributed by atoms with Gasteiger partial charge in [-0.25, -0.2) is 0 Å². The summed E-state index contributed by atoms with van der Waals surface area (Å²) in [6, 6.07) is 0. The van der Waals surface area contributed by atoms with Gasteiger partial charge in [-0.3, -0.25) is 4.99 Å². The average Bonchev–Trinajstić information content (AvgIpc) is 3.02. The number of hydrogen-bond donors (Lipinski definition) is 2. The molecule has 0 amide bonds. The van der Waals surface area contributed by atoms with E-state index in [9.17, 15) is 0 Å². The van der Waals surface area contributed by atoms with Crippen LogP contribution in [0.3, 0.4) is 0 Å². The topological polar surface area (TPSA) is 48.9 Å². The quantitative estimate of drug-likeness (QED) is 0.478. The van der Waals surface area contributed by atoms with Crippen LogP contribution in [0, 0.1) is 5.41 Å². The summed E-state index contributed by atoms with van der Waals surface area (Å²) in [6.45, 7) is 8.00. The summed E-state index contributed by atoms with van der Waals surface area (Å²) in [4.78, 5) is 6.57. The third kappa shape index (κ3) is 7.53. The zero-order chi connectivity index (χ0) is 17.1. The van der Waals surface area contributed by atoms with E-state index in [0.29, 0.717) is 5.41 Å². The van der Waals surface area contributed by atoms with E-state index in [1.165, 1.54) is 32.1 Å². The third-order valence-corrected chi connectivity index (χ3v) is 5.07. The van der Waals surface area contributed by atoms with Crippen LogP contribution in [-0.4, -0.2) is 64.3 Å². The molecule has 1 atom stereocenters. The normalized spacial score (nSPS) is 19.1. The van der Waals surface area contributed by atoms with E-state index >= 15 is 0 Å². The van der Waals surface area contributed by atoms with Gasteiger partial charge in [-0.05, 0) is 52.1 Å². The maximum Gasteiger partial charge on any atom is 0.191 e. The van der Waals surface area contributed by atoms with Gasteiger partial charge >= 0.3 is 0 Å². The highest BCUT2D eigenvalue weighted by Crippen LogP contribution is 2.40. The summed E-state index contributed by atoms with van der Waals surface area (Å²) in [6.07, 6.45) is 7.95. The van der Waals surface area contributed by atoms with E-state index in [0.717, 1.165) is 38.6 Å². The van der Waals surface area contributed by atoms with E-state index < -0.39 is 0 Å². The smallest absolute Gasteiger partial charge is 0.191 e. The zero-order valence-corrected chi connectivity index (χ0v) is 16.0. The van der Waals surface area contributed by atoms with Gasteiger partial charge < -0.3 is 20.3 Å². The third-order valence-electron chi connectivity index (χ3n) is 5.07. The van der Waals surface area contributed by atoms with E-state index in [-0.39, 0.29) is 6.10 Å². The molecule has 136 valence electrons. The lowest BCUT2D eigenvalue weighted by Gasteiger charge is -2.29. The Hall–Kier alpha value is -0.810. The van der Waals surface area contributed by atoms with E-state index in [2.05, 4.69) is 48.5 Å². The largest absolute Gasteiger partial charge is 0.377 e. The van der Waals surface area contributed by atoms with Crippen LogP contribution in [0.25, 0.3) is 0 Å². The molecule has 2 N–H and O–H groups in total. The molecule has 5 heteroatoms. The molecule has 1 aliphatic carbocycles. The lowest BCUT2D eigenvalue weighted by Crippen LogP contribution is -2.45. The molecule has 0 aromatic heterocycles. The number of aliphatic imine (C=N–C) groups is 1. The van der Waals surface area contributed by atoms with Crippen molar-refractivity contribution in [2.75, 3.05) is 47.4 Å². The molecule has 0 aromatic carbocycles. The van der Waals surface area contributed by atoms with Gasteiger partial charge in [0.05, 0.1) is 6.10 Å². The standard InChI is InChI=1S/C18H38N4O/c1-6-18(11-8-9-12-18)15-21-17(19-3)20-14-16(23-7-2)10-13-22(4)5/h16H,6-15H2,1-5H3,(H2,19,20,21). The Balaban J connectivity index is 2.39.